The van der Waals surface area contributed by atoms with Crippen molar-refractivity contribution in [3.05, 3.63) is 23.8 Å². The maximum atomic E-state index is 5.79. The summed E-state index contributed by atoms with van der Waals surface area (Å²) in [4.78, 5) is 2.55. The van der Waals surface area contributed by atoms with E-state index in [0.717, 1.165) is 37.8 Å². The third-order valence-corrected chi connectivity index (χ3v) is 5.41. The average molecular weight is 335 g/mol. The average Bonchev–Trinajstić information content (AvgIpc) is 3.10. The molecule has 2 fully saturated rings. The molecule has 0 amide bonds. The Bertz CT molecular complexity index is 536. The van der Waals surface area contributed by atoms with Gasteiger partial charge in [-0.2, -0.15) is 0 Å². The summed E-state index contributed by atoms with van der Waals surface area (Å²) in [5, 5.41) is 0. The van der Waals surface area contributed by atoms with Crippen LogP contribution < -0.4 is 9.47 Å². The predicted octanol–water partition coefficient (Wildman–Crippen LogP) is 2.72. The molecule has 3 unspecified atom stereocenters. The molecule has 5 nitrogen and oxygen atoms in total. The van der Waals surface area contributed by atoms with E-state index in [-0.39, 0.29) is 0 Å². The summed E-state index contributed by atoms with van der Waals surface area (Å²) in [6.07, 6.45) is 4.02. The predicted molar refractivity (Wildman–Crippen MR) is 92.7 cm³/mol. The summed E-state index contributed by atoms with van der Waals surface area (Å²) >= 11 is 0. The Labute approximate surface area is 144 Å². The van der Waals surface area contributed by atoms with Crippen molar-refractivity contribution in [2.45, 2.75) is 38.0 Å². The van der Waals surface area contributed by atoms with Gasteiger partial charge < -0.3 is 18.9 Å². The minimum atomic E-state index is 0.365. The zero-order valence-corrected chi connectivity index (χ0v) is 15.0. The standard InChI is InChI=1S/C19H29NO4/c1-21-17-6-4-5-15(17)16-13-24-10-9-20(16)12-14-7-8-18(22-2)19(11-14)23-3/h7-8,11,15-17H,4-6,9-10,12-13H2,1-3H3. The Hall–Kier alpha value is -1.30. The number of nitrogens with zero attached hydrogens (tertiary/aromatic N) is 1. The normalized spacial score (nSPS) is 28.0. The van der Waals surface area contributed by atoms with Crippen molar-refractivity contribution in [2.24, 2.45) is 5.92 Å². The van der Waals surface area contributed by atoms with E-state index >= 15 is 0 Å². The minimum Gasteiger partial charge on any atom is -0.493 e. The van der Waals surface area contributed by atoms with Crippen LogP contribution >= 0.6 is 0 Å². The smallest absolute Gasteiger partial charge is 0.161 e. The summed E-state index contributed by atoms with van der Waals surface area (Å²) < 4.78 is 22.3. The Morgan fingerprint density at radius 2 is 1.96 bits per heavy atom. The summed E-state index contributed by atoms with van der Waals surface area (Å²) in [5.41, 5.74) is 1.24. The van der Waals surface area contributed by atoms with Gasteiger partial charge >= 0.3 is 0 Å². The van der Waals surface area contributed by atoms with Gasteiger partial charge in [-0.1, -0.05) is 12.5 Å². The second-order valence-electron chi connectivity index (χ2n) is 6.67. The quantitative estimate of drug-likeness (QED) is 0.799. The van der Waals surface area contributed by atoms with Gasteiger partial charge in [0.1, 0.15) is 0 Å². The minimum absolute atomic E-state index is 0.365. The van der Waals surface area contributed by atoms with Gasteiger partial charge in [0.25, 0.3) is 0 Å². The van der Waals surface area contributed by atoms with E-state index < -0.39 is 0 Å². The van der Waals surface area contributed by atoms with E-state index in [0.29, 0.717) is 18.1 Å². The maximum absolute atomic E-state index is 5.79. The Morgan fingerprint density at radius 3 is 2.71 bits per heavy atom. The molecule has 1 saturated heterocycles. The van der Waals surface area contributed by atoms with Gasteiger partial charge in [-0.25, -0.2) is 0 Å². The number of hydrogen-bond donors (Lipinski definition) is 0. The first-order valence-electron chi connectivity index (χ1n) is 8.82. The van der Waals surface area contributed by atoms with Gasteiger partial charge in [-0.05, 0) is 30.5 Å². The fraction of sp³-hybridized carbons (Fsp3) is 0.684. The number of morpholine rings is 1. The van der Waals surface area contributed by atoms with Crippen LogP contribution in [0.1, 0.15) is 24.8 Å². The zero-order chi connectivity index (χ0) is 16.9. The molecule has 1 aliphatic heterocycles. The lowest BCUT2D eigenvalue weighted by atomic mass is 9.93. The largest absolute Gasteiger partial charge is 0.493 e. The van der Waals surface area contributed by atoms with Gasteiger partial charge in [0.2, 0.25) is 0 Å². The van der Waals surface area contributed by atoms with Crippen LogP contribution in [0.5, 0.6) is 11.5 Å². The van der Waals surface area contributed by atoms with E-state index in [9.17, 15) is 0 Å². The van der Waals surface area contributed by atoms with Gasteiger partial charge in [0.05, 0.1) is 33.5 Å². The van der Waals surface area contributed by atoms with E-state index in [2.05, 4.69) is 17.0 Å². The van der Waals surface area contributed by atoms with E-state index in [1.54, 1.807) is 14.2 Å². The summed E-state index contributed by atoms with van der Waals surface area (Å²) in [6, 6.07) is 6.61. The Morgan fingerprint density at radius 1 is 1.12 bits per heavy atom. The molecule has 0 radical (unpaired) electrons. The summed E-state index contributed by atoms with van der Waals surface area (Å²) in [6.45, 7) is 3.47. The summed E-state index contributed by atoms with van der Waals surface area (Å²) in [7, 11) is 5.19. The van der Waals surface area contributed by atoms with Crippen LogP contribution in [-0.4, -0.2) is 58.1 Å². The second kappa shape index (κ2) is 8.19. The lowest BCUT2D eigenvalue weighted by Crippen LogP contribution is -2.50. The molecule has 0 aromatic heterocycles. The van der Waals surface area contributed by atoms with Gasteiger partial charge in [0, 0.05) is 32.2 Å². The molecule has 134 valence electrons. The molecule has 1 aliphatic carbocycles. The first kappa shape index (κ1) is 17.5. The number of hydrogen-bond acceptors (Lipinski definition) is 5. The molecule has 1 saturated carbocycles. The van der Waals surface area contributed by atoms with Gasteiger partial charge in [-0.15, -0.1) is 0 Å². The molecule has 3 rings (SSSR count). The number of methoxy groups -OCH3 is 3. The lowest BCUT2D eigenvalue weighted by molar-refractivity contribution is -0.0608. The highest BCUT2D eigenvalue weighted by molar-refractivity contribution is 5.42. The Balaban J connectivity index is 1.74. The lowest BCUT2D eigenvalue weighted by Gasteiger charge is -2.40. The third-order valence-electron chi connectivity index (χ3n) is 5.41. The molecule has 1 aromatic rings. The summed E-state index contributed by atoms with van der Waals surface area (Å²) in [5.74, 6) is 2.13. The molecule has 3 atom stereocenters. The highest BCUT2D eigenvalue weighted by Crippen LogP contribution is 2.35. The molecule has 0 bridgehead atoms. The third kappa shape index (κ3) is 3.68. The van der Waals surface area contributed by atoms with Crippen LogP contribution in [0.4, 0.5) is 0 Å². The topological polar surface area (TPSA) is 40.2 Å². The highest BCUT2D eigenvalue weighted by Gasteiger charge is 2.38. The zero-order valence-electron chi connectivity index (χ0n) is 15.0. The number of benzene rings is 1. The molecule has 1 heterocycles. The molecule has 5 heteroatoms. The molecular formula is C19H29NO4. The van der Waals surface area contributed by atoms with Crippen LogP contribution in [-0.2, 0) is 16.0 Å². The van der Waals surface area contributed by atoms with Crippen molar-refractivity contribution in [1.29, 1.82) is 0 Å². The monoisotopic (exact) mass is 335 g/mol. The van der Waals surface area contributed by atoms with E-state index in [1.165, 1.54) is 24.8 Å². The molecule has 1 aromatic carbocycles. The molecule has 24 heavy (non-hydrogen) atoms. The Kier molecular flexibility index (Phi) is 5.98. The fourth-order valence-corrected chi connectivity index (χ4v) is 4.15. The highest BCUT2D eigenvalue weighted by atomic mass is 16.5. The van der Waals surface area contributed by atoms with E-state index in [4.69, 9.17) is 18.9 Å². The van der Waals surface area contributed by atoms with Crippen molar-refractivity contribution in [1.82, 2.24) is 4.90 Å². The van der Waals surface area contributed by atoms with Crippen LogP contribution in [0, 0.1) is 5.92 Å². The van der Waals surface area contributed by atoms with E-state index in [1.807, 2.05) is 13.2 Å². The molecule has 0 spiro atoms. The fourth-order valence-electron chi connectivity index (χ4n) is 4.15. The van der Waals surface area contributed by atoms with Crippen LogP contribution in [0.15, 0.2) is 18.2 Å². The number of rotatable bonds is 6. The van der Waals surface area contributed by atoms with Crippen LogP contribution in [0.25, 0.3) is 0 Å². The first-order chi connectivity index (χ1) is 11.8. The van der Waals surface area contributed by atoms with Crippen LogP contribution in [0.2, 0.25) is 0 Å². The van der Waals surface area contributed by atoms with Crippen molar-refractivity contribution in [2.75, 3.05) is 41.1 Å². The van der Waals surface area contributed by atoms with Crippen molar-refractivity contribution in [3.63, 3.8) is 0 Å². The molecule has 2 aliphatic rings. The van der Waals surface area contributed by atoms with Crippen molar-refractivity contribution < 1.29 is 18.9 Å². The first-order valence-corrected chi connectivity index (χ1v) is 8.82. The molecular weight excluding hydrogens is 306 g/mol. The van der Waals surface area contributed by atoms with Gasteiger partial charge in [-0.3, -0.25) is 4.90 Å². The SMILES string of the molecule is COc1ccc(CN2CCOCC2C2CCCC2OC)cc1OC. The van der Waals surface area contributed by atoms with Crippen molar-refractivity contribution >= 4 is 0 Å². The number of ether oxygens (including phenoxy) is 4. The van der Waals surface area contributed by atoms with Gasteiger partial charge in [0.15, 0.2) is 11.5 Å². The molecule has 0 N–H and O–H groups in total. The van der Waals surface area contributed by atoms with Crippen LogP contribution in [0.3, 0.4) is 0 Å². The maximum Gasteiger partial charge on any atom is 0.161 e. The van der Waals surface area contributed by atoms with Crippen molar-refractivity contribution in [3.8, 4) is 11.5 Å². The second-order valence-corrected chi connectivity index (χ2v) is 6.67.